The second-order valence-electron chi connectivity index (χ2n) is 5.87. The molecule has 6 heteroatoms. The minimum absolute atomic E-state index is 0.160. The normalized spacial score (nSPS) is 22.7. The molecule has 1 aliphatic heterocycles. The molecule has 3 rings (SSSR count). The molecule has 1 aliphatic rings. The molecule has 114 valence electrons. The molecule has 0 amide bonds. The molecule has 2 heterocycles. The highest BCUT2D eigenvalue weighted by molar-refractivity contribution is 7.91. The molecule has 2 atom stereocenters. The Morgan fingerprint density at radius 3 is 2.86 bits per heavy atom. The van der Waals surface area contributed by atoms with Crippen molar-refractivity contribution in [1.29, 1.82) is 0 Å². The number of nitrogens with zero attached hydrogens (tertiary/aromatic N) is 2. The van der Waals surface area contributed by atoms with E-state index in [1.807, 2.05) is 29.9 Å². The van der Waals surface area contributed by atoms with Gasteiger partial charge in [-0.05, 0) is 30.7 Å². The number of hydrogen-bond donors (Lipinski definition) is 0. The molecular formula is C15H19ClN2O2S. The van der Waals surface area contributed by atoms with Gasteiger partial charge < -0.3 is 0 Å². The molecule has 1 aromatic heterocycles. The minimum atomic E-state index is -2.86. The number of alkyl halides is 1. The van der Waals surface area contributed by atoms with E-state index in [4.69, 9.17) is 11.6 Å². The summed E-state index contributed by atoms with van der Waals surface area (Å²) in [7, 11) is -0.932. The van der Waals surface area contributed by atoms with E-state index in [1.165, 1.54) is 0 Å². The molecule has 0 N–H and O–H groups in total. The van der Waals surface area contributed by atoms with Gasteiger partial charge in [-0.3, -0.25) is 4.68 Å². The monoisotopic (exact) mass is 326 g/mol. The highest BCUT2D eigenvalue weighted by Crippen LogP contribution is 2.31. The number of aromatic nitrogens is 2. The summed E-state index contributed by atoms with van der Waals surface area (Å²) in [5.74, 6) is 1.38. The summed E-state index contributed by atoms with van der Waals surface area (Å²) in [6.45, 7) is 0. The third-order valence-corrected chi connectivity index (χ3v) is 6.61. The number of halogens is 1. The Morgan fingerprint density at radius 2 is 2.19 bits per heavy atom. The second kappa shape index (κ2) is 5.61. The van der Waals surface area contributed by atoms with Gasteiger partial charge in [-0.25, -0.2) is 8.42 Å². The highest BCUT2D eigenvalue weighted by atomic mass is 35.5. The van der Waals surface area contributed by atoms with E-state index in [1.54, 1.807) is 0 Å². The average molecular weight is 327 g/mol. The lowest BCUT2D eigenvalue weighted by Gasteiger charge is -2.19. The number of hydrogen-bond acceptors (Lipinski definition) is 3. The van der Waals surface area contributed by atoms with Crippen LogP contribution in [0.5, 0.6) is 0 Å². The molecule has 2 unspecified atom stereocenters. The molecule has 1 aromatic carbocycles. The van der Waals surface area contributed by atoms with Crippen LogP contribution in [-0.4, -0.2) is 35.6 Å². The first kappa shape index (κ1) is 14.9. The number of fused-ring (bicyclic) bond motifs is 1. The Hall–Kier alpha value is -1.07. The van der Waals surface area contributed by atoms with E-state index in [9.17, 15) is 8.42 Å². The third kappa shape index (κ3) is 2.94. The van der Waals surface area contributed by atoms with Gasteiger partial charge in [-0.15, -0.1) is 11.6 Å². The molecule has 0 bridgehead atoms. The summed E-state index contributed by atoms with van der Waals surface area (Å²) in [5, 5.41) is 5.73. The van der Waals surface area contributed by atoms with E-state index in [0.717, 1.165) is 29.4 Å². The van der Waals surface area contributed by atoms with Crippen molar-refractivity contribution >= 4 is 32.3 Å². The summed E-state index contributed by atoms with van der Waals surface area (Å²) in [6.07, 6.45) is 1.47. The maximum absolute atomic E-state index is 11.7. The van der Waals surface area contributed by atoms with Gasteiger partial charge in [0, 0.05) is 18.3 Å². The topological polar surface area (TPSA) is 52.0 Å². The molecule has 2 aromatic rings. The number of aryl methyl sites for hydroxylation is 1. The van der Waals surface area contributed by atoms with Crippen LogP contribution < -0.4 is 0 Å². The summed E-state index contributed by atoms with van der Waals surface area (Å²) < 4.78 is 25.2. The van der Waals surface area contributed by atoms with Crippen LogP contribution in [0.3, 0.4) is 0 Å². The van der Waals surface area contributed by atoms with Crippen molar-refractivity contribution in [1.82, 2.24) is 9.78 Å². The standard InChI is InChI=1S/C15H19ClN2O2S/c1-18-15-5-3-2-4-13(15)14(17-18)8-12(9-16)11-6-7-21(19,20)10-11/h2-5,11-12H,6-10H2,1H3. The van der Waals surface area contributed by atoms with Crippen LogP contribution in [-0.2, 0) is 23.3 Å². The first-order valence-electron chi connectivity index (χ1n) is 7.17. The van der Waals surface area contributed by atoms with Crippen molar-refractivity contribution in [2.45, 2.75) is 12.8 Å². The van der Waals surface area contributed by atoms with Crippen molar-refractivity contribution in [2.75, 3.05) is 17.4 Å². The average Bonchev–Trinajstić information content (AvgIpc) is 2.97. The molecule has 21 heavy (non-hydrogen) atoms. The van der Waals surface area contributed by atoms with Crippen LogP contribution >= 0.6 is 11.6 Å². The molecular weight excluding hydrogens is 308 g/mol. The Labute approximate surface area is 130 Å². The fraction of sp³-hybridized carbons (Fsp3) is 0.533. The van der Waals surface area contributed by atoms with Crippen LogP contribution in [0, 0.1) is 11.8 Å². The van der Waals surface area contributed by atoms with Gasteiger partial charge in [0.15, 0.2) is 9.84 Å². The minimum Gasteiger partial charge on any atom is -0.268 e. The van der Waals surface area contributed by atoms with Gasteiger partial charge in [0.2, 0.25) is 0 Å². The van der Waals surface area contributed by atoms with Crippen LogP contribution in [0.4, 0.5) is 0 Å². The predicted molar refractivity (Wildman–Crippen MR) is 85.4 cm³/mol. The number of benzene rings is 1. The van der Waals surface area contributed by atoms with Gasteiger partial charge >= 0.3 is 0 Å². The highest BCUT2D eigenvalue weighted by Gasteiger charge is 2.33. The Morgan fingerprint density at radius 1 is 1.43 bits per heavy atom. The largest absolute Gasteiger partial charge is 0.268 e. The molecule has 0 aliphatic carbocycles. The Balaban J connectivity index is 1.86. The lowest BCUT2D eigenvalue weighted by atomic mass is 9.89. The first-order chi connectivity index (χ1) is 10.00. The lowest BCUT2D eigenvalue weighted by Crippen LogP contribution is -2.20. The predicted octanol–water partition coefficient (Wildman–Crippen LogP) is 2.41. The summed E-state index contributed by atoms with van der Waals surface area (Å²) in [6, 6.07) is 8.11. The third-order valence-electron chi connectivity index (χ3n) is 4.42. The van der Waals surface area contributed by atoms with Crippen molar-refractivity contribution in [3.8, 4) is 0 Å². The summed E-state index contributed by atoms with van der Waals surface area (Å²) in [5.41, 5.74) is 2.11. The number of rotatable bonds is 4. The summed E-state index contributed by atoms with van der Waals surface area (Å²) in [4.78, 5) is 0. The van der Waals surface area contributed by atoms with E-state index in [0.29, 0.717) is 11.6 Å². The molecule has 1 saturated heterocycles. The van der Waals surface area contributed by atoms with E-state index < -0.39 is 9.84 Å². The van der Waals surface area contributed by atoms with Crippen LogP contribution in [0.2, 0.25) is 0 Å². The van der Waals surface area contributed by atoms with Gasteiger partial charge in [0.1, 0.15) is 0 Å². The molecule has 0 saturated carbocycles. The molecule has 0 spiro atoms. The molecule has 1 fully saturated rings. The van der Waals surface area contributed by atoms with Crippen molar-refractivity contribution in [3.63, 3.8) is 0 Å². The van der Waals surface area contributed by atoms with Gasteiger partial charge in [-0.1, -0.05) is 18.2 Å². The van der Waals surface area contributed by atoms with E-state index in [2.05, 4.69) is 11.2 Å². The van der Waals surface area contributed by atoms with Crippen LogP contribution in [0.1, 0.15) is 12.1 Å². The van der Waals surface area contributed by atoms with Gasteiger partial charge in [-0.2, -0.15) is 5.10 Å². The Bertz CT molecular complexity index is 754. The number of para-hydroxylation sites is 1. The molecule has 0 radical (unpaired) electrons. The zero-order chi connectivity index (χ0) is 15.0. The summed E-state index contributed by atoms with van der Waals surface area (Å²) >= 11 is 6.12. The van der Waals surface area contributed by atoms with Gasteiger partial charge in [0.25, 0.3) is 0 Å². The van der Waals surface area contributed by atoms with Crippen LogP contribution in [0.25, 0.3) is 10.9 Å². The first-order valence-corrected chi connectivity index (χ1v) is 9.53. The maximum Gasteiger partial charge on any atom is 0.150 e. The Kier molecular flexibility index (Phi) is 3.97. The zero-order valence-electron chi connectivity index (χ0n) is 12.0. The fourth-order valence-electron chi connectivity index (χ4n) is 3.23. The van der Waals surface area contributed by atoms with E-state index in [-0.39, 0.29) is 17.6 Å². The van der Waals surface area contributed by atoms with Crippen molar-refractivity contribution < 1.29 is 8.42 Å². The second-order valence-corrected chi connectivity index (χ2v) is 8.41. The zero-order valence-corrected chi connectivity index (χ0v) is 13.6. The van der Waals surface area contributed by atoms with Crippen molar-refractivity contribution in [2.24, 2.45) is 18.9 Å². The van der Waals surface area contributed by atoms with E-state index >= 15 is 0 Å². The number of sulfone groups is 1. The quantitative estimate of drug-likeness (QED) is 0.811. The molecule has 4 nitrogen and oxygen atoms in total. The smallest absolute Gasteiger partial charge is 0.150 e. The maximum atomic E-state index is 11.7. The lowest BCUT2D eigenvalue weighted by molar-refractivity contribution is 0.394. The SMILES string of the molecule is Cn1nc(CC(CCl)C2CCS(=O)(=O)C2)c2ccccc21. The fourth-order valence-corrected chi connectivity index (χ4v) is 5.51. The van der Waals surface area contributed by atoms with Crippen LogP contribution in [0.15, 0.2) is 24.3 Å². The van der Waals surface area contributed by atoms with Crippen molar-refractivity contribution in [3.05, 3.63) is 30.0 Å². The van der Waals surface area contributed by atoms with Gasteiger partial charge in [0.05, 0.1) is 22.7 Å².